The zero-order chi connectivity index (χ0) is 53.5. The van der Waals surface area contributed by atoms with E-state index in [1.165, 1.54) is 0 Å². The molecule has 15 aliphatic heterocycles. The van der Waals surface area contributed by atoms with E-state index in [9.17, 15) is 86.8 Å². The third-order valence-electron chi connectivity index (χ3n) is 15.3. The SMILES string of the molecule is OC[C@H]1O[C@@H]2O[C@H]3[C@H](O)[C@@H](O)[C@@H](O[C@H]4[C@H](O)[C@H]5O[C@@H]6[C@@H](O)[C@@H](O[C@H]7[C@H](O)[C@H]8O[C@@H]9[C@@H](O)[C@@H](O[C@H]%10[C@H](O)[C@@H](O)[C@@H](O[C@H]1[C@H](O)[C@H]2O)O[C@@H]%10CO)O[C@H](CO)[C@H]9O[C@H]8O[C@@H]7CO)O[C@H](CO)[C@H]6O[C@H]5O[C@@H]4CO)O[C@@H]3CO. The molecule has 15 fully saturated rings. The second-order valence-corrected chi connectivity index (χ2v) is 19.8. The zero-order valence-electron chi connectivity index (χ0n) is 39.3. The van der Waals surface area contributed by atoms with E-state index in [0.717, 1.165) is 0 Å². The number of aliphatic hydroxyl groups excluding tert-OH is 17. The van der Waals surface area contributed by atoms with Crippen molar-refractivity contribution in [2.45, 2.75) is 215 Å². The first-order chi connectivity index (χ1) is 36.0. The van der Waals surface area contributed by atoms with E-state index in [2.05, 4.69) is 0 Å². The van der Waals surface area contributed by atoms with Crippen molar-refractivity contribution in [3.05, 3.63) is 0 Å². The predicted octanol–water partition coefficient (Wildman–Crippen LogP) is -13.1. The fourth-order valence-electron chi connectivity index (χ4n) is 11.3. The molecule has 0 aromatic carbocycles. The van der Waals surface area contributed by atoms with Crippen LogP contribution in [0.15, 0.2) is 0 Å². The smallest absolute Gasteiger partial charge is 0.187 e. The Morgan fingerprint density at radius 1 is 0.160 bits per heavy atom. The average Bonchev–Trinajstić information content (AvgIpc) is 3.41. The van der Waals surface area contributed by atoms with Gasteiger partial charge < -0.3 is 163 Å². The van der Waals surface area contributed by atoms with Crippen LogP contribution in [0.3, 0.4) is 0 Å². The van der Waals surface area contributed by atoms with E-state index < -0.39 is 261 Å². The van der Waals surface area contributed by atoms with Crippen LogP contribution in [0.1, 0.15) is 0 Å². The van der Waals surface area contributed by atoms with Crippen molar-refractivity contribution < 1.29 is 163 Å². The molecule has 0 unspecified atom stereocenters. The van der Waals surface area contributed by atoms with Crippen molar-refractivity contribution >= 4 is 0 Å². The molecule has 15 rings (SSSR count). The number of rotatable bonds is 7. The molecule has 15 heterocycles. The molecule has 0 radical (unpaired) electrons. The maximum atomic E-state index is 11.9. The van der Waals surface area contributed by atoms with Crippen LogP contribution in [0.25, 0.3) is 0 Å². The van der Waals surface area contributed by atoms with Gasteiger partial charge in [0.25, 0.3) is 0 Å². The van der Waals surface area contributed by atoms with Crippen LogP contribution in [0.2, 0.25) is 0 Å². The van der Waals surface area contributed by atoms with Crippen molar-refractivity contribution in [1.29, 1.82) is 0 Å². The summed E-state index contributed by atoms with van der Waals surface area (Å²) in [6.07, 6.45) is -61.9. The standard InChI is InChI=1S/C42H66O33/c43-1-8-25-15(50)18(53)36(60-8)70-26-9(2-44)62-38(20(55)16(26)51)72-28-11(4-46)65-41-34(21(28)56)68-33-24(59)40(64-14(7-49)31(33)75-41)73-29-12(5-47)66-42-35(22(29)57)67-32-23(58)39(63-13(6-48)30(32)74-42)71-27-10(3-45)61-37(69-25)19(54)17(27)52/h8-59H,1-7H2/t8-,9-,10-,11-,12-,13-,14-,15-,16-,17-,18-,19-,20-,21+,22+,23-,24-,25-,26-,27-,28-,29-,30-,31-,32-,33-,34-,35-,36-,37-,38-,39-,40-,41-,42-/m1/s1. The molecule has 0 aromatic heterocycles. The number of hydrogen-bond donors (Lipinski definition) is 17. The summed E-state index contributed by atoms with van der Waals surface area (Å²) in [5.74, 6) is 0. The molecule has 0 aliphatic carbocycles. The van der Waals surface area contributed by atoms with E-state index in [0.29, 0.717) is 0 Å². The fourth-order valence-corrected chi connectivity index (χ4v) is 11.3. The summed E-state index contributed by atoms with van der Waals surface area (Å²) in [5.41, 5.74) is 0. The second kappa shape index (κ2) is 23.3. The van der Waals surface area contributed by atoms with Crippen molar-refractivity contribution in [2.75, 3.05) is 46.2 Å². The van der Waals surface area contributed by atoms with Gasteiger partial charge in [-0.15, -0.1) is 0 Å². The highest BCUT2D eigenvalue weighted by atomic mass is 16.8. The minimum Gasteiger partial charge on any atom is -0.394 e. The molecule has 0 aromatic rings. The molecule has 33 nitrogen and oxygen atoms in total. The Kier molecular flexibility index (Phi) is 17.7. The zero-order valence-corrected chi connectivity index (χ0v) is 39.3. The Hall–Kier alpha value is -1.32. The van der Waals surface area contributed by atoms with Crippen molar-refractivity contribution in [3.63, 3.8) is 0 Å². The summed E-state index contributed by atoms with van der Waals surface area (Å²) < 4.78 is 94.8. The summed E-state index contributed by atoms with van der Waals surface area (Å²) in [4.78, 5) is 0. The van der Waals surface area contributed by atoms with Crippen LogP contribution in [-0.4, -0.2) is 348 Å². The highest BCUT2D eigenvalue weighted by Gasteiger charge is 2.63. The summed E-state index contributed by atoms with van der Waals surface area (Å²) in [6.45, 7) is -6.36. The topological polar surface area (TPSA) is 492 Å². The first-order valence-corrected chi connectivity index (χ1v) is 24.5. The molecule has 0 saturated carbocycles. The Morgan fingerprint density at radius 3 is 0.613 bits per heavy atom. The van der Waals surface area contributed by atoms with E-state index in [1.54, 1.807) is 0 Å². The highest BCUT2D eigenvalue weighted by Crippen LogP contribution is 2.43. The molecule has 33 heteroatoms. The van der Waals surface area contributed by atoms with Crippen LogP contribution in [0, 0.1) is 0 Å². The molecule has 35 atom stereocenters. The molecule has 75 heavy (non-hydrogen) atoms. The second-order valence-electron chi connectivity index (χ2n) is 19.8. The van der Waals surface area contributed by atoms with Crippen LogP contribution in [0.4, 0.5) is 0 Å². The summed E-state index contributed by atoms with van der Waals surface area (Å²) in [7, 11) is 0. The average molecular weight is 1100 g/mol. The van der Waals surface area contributed by atoms with Gasteiger partial charge in [-0.05, 0) is 0 Å². The monoisotopic (exact) mass is 1100 g/mol. The number of ether oxygens (including phenoxy) is 16. The van der Waals surface area contributed by atoms with Gasteiger partial charge in [-0.2, -0.15) is 0 Å². The Balaban J connectivity index is 0.968. The van der Waals surface area contributed by atoms with Gasteiger partial charge >= 0.3 is 0 Å². The lowest BCUT2D eigenvalue weighted by atomic mass is 9.91. The maximum Gasteiger partial charge on any atom is 0.187 e. The van der Waals surface area contributed by atoms with E-state index >= 15 is 0 Å². The molecule has 432 valence electrons. The third kappa shape index (κ3) is 10.2. The predicted molar refractivity (Wildman–Crippen MR) is 222 cm³/mol. The Morgan fingerprint density at radius 2 is 0.360 bits per heavy atom. The Labute approximate surface area is 423 Å². The van der Waals surface area contributed by atoms with Gasteiger partial charge in [0.1, 0.15) is 171 Å². The largest absolute Gasteiger partial charge is 0.394 e. The van der Waals surface area contributed by atoms with E-state index in [4.69, 9.17) is 75.8 Å². The van der Waals surface area contributed by atoms with E-state index in [1.807, 2.05) is 0 Å². The number of aliphatic hydroxyl groups is 17. The first-order valence-electron chi connectivity index (χ1n) is 24.5. The highest BCUT2D eigenvalue weighted by molar-refractivity contribution is 5.05. The summed E-state index contributed by atoms with van der Waals surface area (Å²) >= 11 is 0. The number of hydrogen-bond acceptors (Lipinski definition) is 33. The van der Waals surface area contributed by atoms with Crippen LogP contribution in [-0.2, 0) is 75.8 Å². The molecule has 15 aliphatic rings. The third-order valence-corrected chi connectivity index (χ3v) is 15.3. The quantitative estimate of drug-likeness (QED) is 0.113. The van der Waals surface area contributed by atoms with Gasteiger partial charge in [0.2, 0.25) is 0 Å². The summed E-state index contributed by atoms with van der Waals surface area (Å²) in [5, 5.41) is 189. The minimum absolute atomic E-state index is 0.819. The fraction of sp³-hybridized carbons (Fsp3) is 1.00. The molecule has 0 spiro atoms. The minimum atomic E-state index is -2.15. The lowest BCUT2D eigenvalue weighted by Gasteiger charge is -2.56. The van der Waals surface area contributed by atoms with Crippen LogP contribution in [0.5, 0.6) is 0 Å². The van der Waals surface area contributed by atoms with Gasteiger partial charge in [0.15, 0.2) is 44.0 Å². The Bertz CT molecular complexity index is 1860. The lowest BCUT2D eigenvalue weighted by Crippen LogP contribution is -2.73. The van der Waals surface area contributed by atoms with Gasteiger partial charge in [0.05, 0.1) is 46.2 Å². The van der Waals surface area contributed by atoms with Crippen molar-refractivity contribution in [3.8, 4) is 0 Å². The van der Waals surface area contributed by atoms with Crippen LogP contribution < -0.4 is 0 Å². The molecular weight excluding hydrogens is 1030 g/mol. The van der Waals surface area contributed by atoms with Crippen molar-refractivity contribution in [1.82, 2.24) is 0 Å². The van der Waals surface area contributed by atoms with Crippen LogP contribution >= 0.6 is 0 Å². The molecular formula is C42H66O33. The van der Waals surface area contributed by atoms with Gasteiger partial charge in [-0.1, -0.05) is 0 Å². The molecule has 14 bridgehead atoms. The lowest BCUT2D eigenvalue weighted by molar-refractivity contribution is -0.440. The van der Waals surface area contributed by atoms with E-state index in [-0.39, 0.29) is 0 Å². The van der Waals surface area contributed by atoms with Gasteiger partial charge in [-0.25, -0.2) is 0 Å². The maximum absolute atomic E-state index is 11.9. The van der Waals surface area contributed by atoms with Crippen molar-refractivity contribution in [2.24, 2.45) is 0 Å². The van der Waals surface area contributed by atoms with Gasteiger partial charge in [-0.3, -0.25) is 0 Å². The molecule has 0 amide bonds. The van der Waals surface area contributed by atoms with Gasteiger partial charge in [0, 0.05) is 0 Å². The first kappa shape index (κ1) is 56.9. The molecule has 15 saturated heterocycles. The normalized spacial score (nSPS) is 57.3. The summed E-state index contributed by atoms with van der Waals surface area (Å²) in [6, 6.07) is 0. The molecule has 17 N–H and O–H groups in total.